The molecule has 0 amide bonds. The first-order chi connectivity index (χ1) is 9.62. The summed E-state index contributed by atoms with van der Waals surface area (Å²) >= 11 is 14.5. The van der Waals surface area contributed by atoms with Crippen molar-refractivity contribution >= 4 is 45.2 Å². The molecule has 2 rings (SSSR count). The molecule has 11 heteroatoms. The summed E-state index contributed by atoms with van der Waals surface area (Å²) in [6.07, 6.45) is -3.68. The van der Waals surface area contributed by atoms with Crippen molar-refractivity contribution in [3.05, 3.63) is 44.1 Å². The molecule has 5 nitrogen and oxygen atoms in total. The van der Waals surface area contributed by atoms with Crippen molar-refractivity contribution in [2.24, 2.45) is 0 Å². The van der Waals surface area contributed by atoms with Gasteiger partial charge in [-0.2, -0.15) is 13.2 Å². The largest absolute Gasteiger partial charge is 0.416 e. The summed E-state index contributed by atoms with van der Waals surface area (Å²) < 4.78 is 38.8. The van der Waals surface area contributed by atoms with Gasteiger partial charge in [-0.25, -0.2) is 4.98 Å². The lowest BCUT2D eigenvalue weighted by molar-refractivity contribution is -0.389. The summed E-state index contributed by atoms with van der Waals surface area (Å²) in [5.41, 5.74) is -1.07. The van der Waals surface area contributed by atoms with Crippen LogP contribution < -0.4 is 0 Å². The van der Waals surface area contributed by atoms with Gasteiger partial charge in [0.25, 0.3) is 0 Å². The van der Waals surface area contributed by atoms with Gasteiger partial charge in [-0.05, 0) is 17.1 Å². The second-order valence-corrected chi connectivity index (χ2v) is 5.31. The van der Waals surface area contributed by atoms with Crippen molar-refractivity contribution in [1.82, 2.24) is 8.58 Å². The molecular formula is C10H3BrCl2F3N3O2. The predicted molar refractivity (Wildman–Crippen MR) is 73.7 cm³/mol. The fourth-order valence-corrected chi connectivity index (χ4v) is 2.71. The van der Waals surface area contributed by atoms with E-state index in [0.717, 1.165) is 9.79 Å². The van der Waals surface area contributed by atoms with E-state index in [0.29, 0.717) is 12.1 Å². The van der Waals surface area contributed by atoms with Crippen molar-refractivity contribution in [2.45, 2.75) is 6.18 Å². The first-order valence-electron chi connectivity index (χ1n) is 5.08. The maximum Gasteiger partial charge on any atom is 0.416 e. The molecule has 0 atom stereocenters. The van der Waals surface area contributed by atoms with Crippen molar-refractivity contribution in [3.8, 4) is 11.4 Å². The molecule has 0 aliphatic rings. The number of hydrogen-bond acceptors (Lipinski definition) is 3. The van der Waals surface area contributed by atoms with Gasteiger partial charge < -0.3 is 10.1 Å². The second-order valence-electron chi connectivity index (χ2n) is 3.79. The van der Waals surface area contributed by atoms with Gasteiger partial charge in [-0.1, -0.05) is 23.2 Å². The monoisotopic (exact) mass is 403 g/mol. The Kier molecular flexibility index (Phi) is 4.18. The zero-order chi connectivity index (χ0) is 15.9. The molecule has 0 aliphatic carbocycles. The van der Waals surface area contributed by atoms with Crippen LogP contribution in [0.25, 0.3) is 11.4 Å². The predicted octanol–water partition coefficient (Wildman–Crippen LogP) is 4.94. The van der Waals surface area contributed by atoms with Crippen molar-refractivity contribution in [3.63, 3.8) is 0 Å². The van der Waals surface area contributed by atoms with Gasteiger partial charge >= 0.3 is 12.0 Å². The number of rotatable bonds is 2. The zero-order valence-electron chi connectivity index (χ0n) is 9.66. The Morgan fingerprint density at radius 3 is 2.19 bits per heavy atom. The maximum absolute atomic E-state index is 12.6. The molecule has 0 radical (unpaired) electrons. The van der Waals surface area contributed by atoms with E-state index < -0.39 is 22.5 Å². The van der Waals surface area contributed by atoms with E-state index in [9.17, 15) is 23.3 Å². The van der Waals surface area contributed by atoms with E-state index in [1.807, 2.05) is 0 Å². The van der Waals surface area contributed by atoms with Crippen LogP contribution in [0.5, 0.6) is 0 Å². The van der Waals surface area contributed by atoms with E-state index >= 15 is 0 Å². The SMILES string of the molecule is O=[N+]([O-])c1cnc(-c2c(Cl)cc(C(F)(F)F)cc2Cl)n1Br. The van der Waals surface area contributed by atoms with Crippen LogP contribution in [0, 0.1) is 10.1 Å². The van der Waals surface area contributed by atoms with E-state index in [4.69, 9.17) is 23.2 Å². The molecule has 0 N–H and O–H groups in total. The van der Waals surface area contributed by atoms with Crippen LogP contribution in [-0.2, 0) is 6.18 Å². The number of aromatic nitrogens is 2. The van der Waals surface area contributed by atoms with Gasteiger partial charge in [0, 0.05) is 0 Å². The molecule has 0 saturated heterocycles. The Morgan fingerprint density at radius 2 is 1.81 bits per heavy atom. The van der Waals surface area contributed by atoms with E-state index in [1.54, 1.807) is 0 Å². The molecule has 1 aromatic carbocycles. The lowest BCUT2D eigenvalue weighted by Gasteiger charge is -2.10. The minimum atomic E-state index is -4.61. The van der Waals surface area contributed by atoms with Crippen molar-refractivity contribution in [1.29, 1.82) is 0 Å². The lowest BCUT2D eigenvalue weighted by Crippen LogP contribution is -2.05. The molecule has 1 heterocycles. The van der Waals surface area contributed by atoms with Gasteiger partial charge in [-0.3, -0.25) is 0 Å². The van der Waals surface area contributed by atoms with Crippen LogP contribution in [0.2, 0.25) is 10.0 Å². The highest BCUT2D eigenvalue weighted by molar-refractivity contribution is 9.08. The smallest absolute Gasteiger partial charge is 0.358 e. The van der Waals surface area contributed by atoms with Gasteiger partial charge in [0.2, 0.25) is 5.82 Å². The van der Waals surface area contributed by atoms with Crippen molar-refractivity contribution in [2.75, 3.05) is 0 Å². The second kappa shape index (κ2) is 5.47. The number of nitrogens with zero attached hydrogens (tertiary/aromatic N) is 3. The molecule has 0 saturated carbocycles. The highest BCUT2D eigenvalue weighted by atomic mass is 79.9. The van der Waals surface area contributed by atoms with Crippen LogP contribution in [0.15, 0.2) is 18.3 Å². The van der Waals surface area contributed by atoms with Crippen LogP contribution >= 0.6 is 39.3 Å². The van der Waals surface area contributed by atoms with Gasteiger partial charge in [0.1, 0.15) is 6.20 Å². The molecule has 21 heavy (non-hydrogen) atoms. The molecule has 0 aliphatic heterocycles. The highest BCUT2D eigenvalue weighted by Gasteiger charge is 2.33. The van der Waals surface area contributed by atoms with Crippen LogP contribution in [0.4, 0.5) is 19.0 Å². The van der Waals surface area contributed by atoms with Gasteiger partial charge in [-0.15, -0.1) is 3.59 Å². The molecule has 1 aromatic heterocycles. The lowest BCUT2D eigenvalue weighted by atomic mass is 10.1. The Balaban J connectivity index is 2.63. The number of nitro groups is 1. The summed E-state index contributed by atoms with van der Waals surface area (Å²) in [4.78, 5) is 13.7. The molecule has 0 unspecified atom stereocenters. The average molecular weight is 405 g/mol. The maximum atomic E-state index is 12.6. The Hall–Kier alpha value is -1.32. The fraction of sp³-hybridized carbons (Fsp3) is 0.100. The number of benzene rings is 1. The first kappa shape index (κ1) is 16.1. The number of imidazole rings is 1. The molecule has 0 bridgehead atoms. The highest BCUT2D eigenvalue weighted by Crippen LogP contribution is 2.41. The number of halogens is 6. The van der Waals surface area contributed by atoms with Crippen LogP contribution in [0.3, 0.4) is 0 Å². The minimum absolute atomic E-state index is 0.0451. The Labute approximate surface area is 133 Å². The molecule has 0 fully saturated rings. The van der Waals surface area contributed by atoms with E-state index in [-0.39, 0.29) is 21.4 Å². The van der Waals surface area contributed by atoms with E-state index in [2.05, 4.69) is 21.1 Å². The summed E-state index contributed by atoms with van der Waals surface area (Å²) in [7, 11) is 0. The minimum Gasteiger partial charge on any atom is -0.358 e. The van der Waals surface area contributed by atoms with E-state index in [1.165, 1.54) is 0 Å². The summed E-state index contributed by atoms with van der Waals surface area (Å²) in [5, 5.41) is 10.1. The standard InChI is InChI=1S/C10H3BrCl2F3N3O2/c11-18-7(19(20)21)3-17-9(18)8-5(12)1-4(2-6(8)13)10(14,15)16/h1-3H. The van der Waals surface area contributed by atoms with Crippen LogP contribution in [0.1, 0.15) is 5.56 Å². The normalized spacial score (nSPS) is 11.7. The topological polar surface area (TPSA) is 61.0 Å². The fourth-order valence-electron chi connectivity index (χ4n) is 1.56. The molecule has 0 spiro atoms. The first-order valence-corrected chi connectivity index (χ1v) is 6.54. The summed E-state index contributed by atoms with van der Waals surface area (Å²) in [6.45, 7) is 0. The number of hydrogen-bond donors (Lipinski definition) is 0. The Bertz CT molecular complexity index is 710. The van der Waals surface area contributed by atoms with Gasteiger partial charge in [0.05, 0.1) is 21.2 Å². The quantitative estimate of drug-likeness (QED) is 0.526. The van der Waals surface area contributed by atoms with Gasteiger partial charge in [0.15, 0.2) is 16.1 Å². The Morgan fingerprint density at radius 1 is 1.29 bits per heavy atom. The third-order valence-electron chi connectivity index (χ3n) is 2.47. The zero-order valence-corrected chi connectivity index (χ0v) is 12.8. The molecular weight excluding hydrogens is 402 g/mol. The van der Waals surface area contributed by atoms with Crippen molar-refractivity contribution < 1.29 is 18.1 Å². The molecule has 2 aromatic rings. The number of alkyl halides is 3. The summed E-state index contributed by atoms with van der Waals surface area (Å²) in [5.74, 6) is -0.498. The molecule has 112 valence electrons. The third kappa shape index (κ3) is 2.99. The third-order valence-corrected chi connectivity index (χ3v) is 3.76. The summed E-state index contributed by atoms with van der Waals surface area (Å²) in [6, 6.07) is 1.35. The average Bonchev–Trinajstić information content (AvgIpc) is 2.69. The van der Waals surface area contributed by atoms with Crippen LogP contribution in [-0.4, -0.2) is 13.5 Å².